The average molecular weight is 298 g/mol. The Kier molecular flexibility index (Phi) is 4.41. The topological polar surface area (TPSA) is 54.4 Å². The van der Waals surface area contributed by atoms with Crippen LogP contribution in [-0.4, -0.2) is 29.8 Å². The molecule has 2 aromatic rings. The summed E-state index contributed by atoms with van der Waals surface area (Å²) in [6, 6.07) is 7.62. The summed E-state index contributed by atoms with van der Waals surface area (Å²) in [7, 11) is 1.64. The van der Waals surface area contributed by atoms with Crippen LogP contribution in [0.25, 0.3) is 10.9 Å². The molecule has 0 aliphatic carbocycles. The van der Waals surface area contributed by atoms with Crippen molar-refractivity contribution in [3.8, 4) is 5.75 Å². The zero-order chi connectivity index (χ0) is 15.5. The Bertz CT molecular complexity index is 671. The fourth-order valence-corrected chi connectivity index (χ4v) is 3.27. The lowest BCUT2D eigenvalue weighted by Crippen LogP contribution is -2.44. The second-order valence-electron chi connectivity index (χ2n) is 5.75. The van der Waals surface area contributed by atoms with Crippen molar-refractivity contribution >= 4 is 10.9 Å². The molecule has 1 fully saturated rings. The van der Waals surface area contributed by atoms with Gasteiger partial charge in [0.15, 0.2) is 0 Å². The molecule has 2 heterocycles. The third-order valence-electron chi connectivity index (χ3n) is 4.50. The summed E-state index contributed by atoms with van der Waals surface area (Å²) in [5, 5.41) is 15.3. The number of aliphatic hydroxyl groups is 1. The van der Waals surface area contributed by atoms with E-state index in [2.05, 4.69) is 16.9 Å². The SMILES string of the molecule is C=CC1CCCN[C@H]1[C@H](O)c1ccnc2ccc(OC)cc12. The Morgan fingerprint density at radius 3 is 3.09 bits per heavy atom. The van der Waals surface area contributed by atoms with Crippen LogP contribution < -0.4 is 10.1 Å². The smallest absolute Gasteiger partial charge is 0.119 e. The number of ether oxygens (including phenoxy) is 1. The number of nitrogens with one attached hydrogen (secondary N) is 1. The molecular weight excluding hydrogens is 276 g/mol. The largest absolute Gasteiger partial charge is 0.497 e. The number of hydrogen-bond donors (Lipinski definition) is 2. The van der Waals surface area contributed by atoms with E-state index in [1.807, 2.05) is 30.3 Å². The van der Waals surface area contributed by atoms with Gasteiger partial charge >= 0.3 is 0 Å². The average Bonchev–Trinajstić information content (AvgIpc) is 2.60. The molecular formula is C18H22N2O2. The van der Waals surface area contributed by atoms with Crippen molar-refractivity contribution in [1.29, 1.82) is 0 Å². The molecule has 1 aromatic heterocycles. The second-order valence-corrected chi connectivity index (χ2v) is 5.75. The van der Waals surface area contributed by atoms with Crippen LogP contribution in [0, 0.1) is 5.92 Å². The summed E-state index contributed by atoms with van der Waals surface area (Å²) < 4.78 is 5.30. The van der Waals surface area contributed by atoms with Crippen LogP contribution in [0.3, 0.4) is 0 Å². The Balaban J connectivity index is 2.02. The van der Waals surface area contributed by atoms with Gasteiger partial charge in [0.2, 0.25) is 0 Å². The minimum absolute atomic E-state index is 0.0111. The molecule has 0 amide bonds. The van der Waals surface area contributed by atoms with E-state index in [4.69, 9.17) is 4.74 Å². The van der Waals surface area contributed by atoms with Gasteiger partial charge < -0.3 is 15.2 Å². The summed E-state index contributed by atoms with van der Waals surface area (Å²) in [4.78, 5) is 4.38. The number of fused-ring (bicyclic) bond motifs is 1. The first kappa shape index (κ1) is 15.0. The number of methoxy groups -OCH3 is 1. The van der Waals surface area contributed by atoms with Crippen LogP contribution >= 0.6 is 0 Å². The molecule has 1 unspecified atom stereocenters. The van der Waals surface area contributed by atoms with Crippen molar-refractivity contribution in [1.82, 2.24) is 10.3 Å². The van der Waals surface area contributed by atoms with E-state index in [0.717, 1.165) is 41.6 Å². The van der Waals surface area contributed by atoms with Crippen LogP contribution in [-0.2, 0) is 0 Å². The van der Waals surface area contributed by atoms with Crippen LogP contribution in [0.15, 0.2) is 43.1 Å². The molecule has 0 saturated carbocycles. The van der Waals surface area contributed by atoms with Gasteiger partial charge in [-0.05, 0) is 55.1 Å². The third-order valence-corrected chi connectivity index (χ3v) is 4.50. The summed E-state index contributed by atoms with van der Waals surface area (Å²) in [6.07, 6.45) is 5.28. The maximum absolute atomic E-state index is 10.9. The Labute approximate surface area is 130 Å². The number of nitrogens with zero attached hydrogens (tertiary/aromatic N) is 1. The zero-order valence-corrected chi connectivity index (χ0v) is 12.8. The Morgan fingerprint density at radius 2 is 2.32 bits per heavy atom. The van der Waals surface area contributed by atoms with Gasteiger partial charge in [-0.2, -0.15) is 0 Å². The number of rotatable bonds is 4. The van der Waals surface area contributed by atoms with E-state index in [0.29, 0.717) is 0 Å². The number of piperidine rings is 1. The molecule has 4 heteroatoms. The van der Waals surface area contributed by atoms with Crippen molar-refractivity contribution in [3.63, 3.8) is 0 Å². The predicted molar refractivity (Wildman–Crippen MR) is 88.0 cm³/mol. The van der Waals surface area contributed by atoms with Gasteiger partial charge in [-0.1, -0.05) is 6.08 Å². The van der Waals surface area contributed by atoms with Crippen molar-refractivity contribution in [2.75, 3.05) is 13.7 Å². The highest BCUT2D eigenvalue weighted by Gasteiger charge is 2.30. The molecule has 22 heavy (non-hydrogen) atoms. The first-order valence-electron chi connectivity index (χ1n) is 7.71. The van der Waals surface area contributed by atoms with Crippen LogP contribution in [0.5, 0.6) is 5.75 Å². The van der Waals surface area contributed by atoms with E-state index in [9.17, 15) is 5.11 Å². The van der Waals surface area contributed by atoms with Crippen molar-refractivity contribution in [3.05, 3.63) is 48.7 Å². The van der Waals surface area contributed by atoms with Gasteiger partial charge in [-0.3, -0.25) is 4.98 Å². The van der Waals surface area contributed by atoms with E-state index in [-0.39, 0.29) is 12.0 Å². The van der Waals surface area contributed by atoms with Crippen molar-refractivity contribution < 1.29 is 9.84 Å². The van der Waals surface area contributed by atoms with Gasteiger partial charge in [0.25, 0.3) is 0 Å². The number of aliphatic hydroxyl groups excluding tert-OH is 1. The van der Waals surface area contributed by atoms with Crippen molar-refractivity contribution in [2.45, 2.75) is 25.0 Å². The maximum atomic E-state index is 10.9. The molecule has 0 bridgehead atoms. The monoisotopic (exact) mass is 298 g/mol. The standard InChI is InChI=1S/C18H22N2O2/c1-3-12-5-4-9-20-17(12)18(21)14-8-10-19-16-7-6-13(22-2)11-15(14)16/h3,6-8,10-12,17-18,20-21H,1,4-5,9H2,2H3/t12?,17-,18-/m1/s1. The van der Waals surface area contributed by atoms with E-state index in [1.165, 1.54) is 0 Å². The number of aromatic nitrogens is 1. The molecule has 0 radical (unpaired) electrons. The molecule has 116 valence electrons. The maximum Gasteiger partial charge on any atom is 0.119 e. The quantitative estimate of drug-likeness (QED) is 0.852. The number of hydrogen-bond acceptors (Lipinski definition) is 4. The molecule has 3 rings (SSSR count). The summed E-state index contributed by atoms with van der Waals surface area (Å²) >= 11 is 0. The van der Waals surface area contributed by atoms with Crippen LogP contribution in [0.1, 0.15) is 24.5 Å². The first-order valence-corrected chi connectivity index (χ1v) is 7.71. The van der Waals surface area contributed by atoms with Crippen LogP contribution in [0.2, 0.25) is 0 Å². The number of pyridine rings is 1. The van der Waals surface area contributed by atoms with Crippen molar-refractivity contribution in [2.24, 2.45) is 5.92 Å². The van der Waals surface area contributed by atoms with Gasteiger partial charge in [0.1, 0.15) is 5.75 Å². The molecule has 1 aromatic carbocycles. The van der Waals surface area contributed by atoms with E-state index >= 15 is 0 Å². The number of benzene rings is 1. The first-order chi connectivity index (χ1) is 10.7. The molecule has 3 atom stereocenters. The van der Waals surface area contributed by atoms with Gasteiger partial charge in [-0.25, -0.2) is 0 Å². The zero-order valence-electron chi connectivity index (χ0n) is 12.8. The molecule has 2 N–H and O–H groups in total. The summed E-state index contributed by atoms with van der Waals surface area (Å²) in [5.74, 6) is 1.04. The lowest BCUT2D eigenvalue weighted by Gasteiger charge is -2.34. The Hall–Kier alpha value is -1.91. The van der Waals surface area contributed by atoms with Gasteiger partial charge in [0, 0.05) is 17.6 Å². The summed E-state index contributed by atoms with van der Waals surface area (Å²) in [5.41, 5.74) is 1.75. The minimum atomic E-state index is -0.596. The van der Waals surface area contributed by atoms with Crippen LogP contribution in [0.4, 0.5) is 0 Å². The van der Waals surface area contributed by atoms with E-state index < -0.39 is 6.10 Å². The molecule has 1 aliphatic rings. The van der Waals surface area contributed by atoms with Gasteiger partial charge in [0.05, 0.1) is 18.7 Å². The molecule has 4 nitrogen and oxygen atoms in total. The summed E-state index contributed by atoms with van der Waals surface area (Å²) in [6.45, 7) is 4.85. The lowest BCUT2D eigenvalue weighted by atomic mass is 9.84. The lowest BCUT2D eigenvalue weighted by molar-refractivity contribution is 0.0950. The minimum Gasteiger partial charge on any atom is -0.497 e. The fourth-order valence-electron chi connectivity index (χ4n) is 3.27. The third kappa shape index (κ3) is 2.72. The van der Waals surface area contributed by atoms with Gasteiger partial charge in [-0.15, -0.1) is 6.58 Å². The highest BCUT2D eigenvalue weighted by molar-refractivity contribution is 5.83. The molecule has 1 aliphatic heterocycles. The predicted octanol–water partition coefficient (Wildman–Crippen LogP) is 2.83. The van der Waals surface area contributed by atoms with E-state index in [1.54, 1.807) is 13.3 Å². The molecule has 0 spiro atoms. The Morgan fingerprint density at radius 1 is 1.45 bits per heavy atom. The highest BCUT2D eigenvalue weighted by Crippen LogP contribution is 2.32. The molecule has 1 saturated heterocycles. The highest BCUT2D eigenvalue weighted by atomic mass is 16.5. The normalized spacial score (nSPS) is 23.2. The second kappa shape index (κ2) is 6.46. The fraction of sp³-hybridized carbons (Fsp3) is 0.389.